The van der Waals surface area contributed by atoms with E-state index in [-0.39, 0.29) is 0 Å². The molecule has 2 fully saturated rings. The van der Waals surface area contributed by atoms with Crippen molar-refractivity contribution in [3.05, 3.63) is 0 Å². The smallest absolute Gasteiger partial charge is 0.0386 e. The fourth-order valence-corrected chi connectivity index (χ4v) is 3.39. The summed E-state index contributed by atoms with van der Waals surface area (Å²) in [4.78, 5) is 0. The van der Waals surface area contributed by atoms with Gasteiger partial charge in [-0.2, -0.15) is 0 Å². The van der Waals surface area contributed by atoms with Crippen LogP contribution in [0.1, 0.15) is 70.6 Å². The standard InChI is InChI=1S/C13H24/c1-2-4-8-12-10-6-7-11-13(12)9-5-3-1/h12-13H,1-11H2. The van der Waals surface area contributed by atoms with Gasteiger partial charge >= 0.3 is 0 Å². The minimum atomic E-state index is 1.13. The molecule has 0 nitrogen and oxygen atoms in total. The Kier molecular flexibility index (Phi) is 3.69. The Morgan fingerprint density at radius 3 is 1.15 bits per heavy atom. The molecule has 0 amide bonds. The van der Waals surface area contributed by atoms with Crippen LogP contribution < -0.4 is 0 Å². The van der Waals surface area contributed by atoms with Gasteiger partial charge in [0.1, 0.15) is 0 Å². The van der Waals surface area contributed by atoms with Crippen LogP contribution in [0.15, 0.2) is 0 Å². The van der Waals surface area contributed by atoms with Gasteiger partial charge in [0.15, 0.2) is 0 Å². The van der Waals surface area contributed by atoms with Crippen LogP contribution >= 0.6 is 0 Å². The maximum Gasteiger partial charge on any atom is -0.0386 e. The van der Waals surface area contributed by atoms with Crippen LogP contribution in [-0.2, 0) is 0 Å². The van der Waals surface area contributed by atoms with Crippen LogP contribution in [0, 0.1) is 11.8 Å². The maximum atomic E-state index is 1.56. The molecule has 0 aromatic carbocycles. The molecule has 2 unspecified atom stereocenters. The van der Waals surface area contributed by atoms with E-state index in [0.29, 0.717) is 0 Å². The van der Waals surface area contributed by atoms with Gasteiger partial charge < -0.3 is 0 Å². The quantitative estimate of drug-likeness (QED) is 0.513. The molecule has 2 atom stereocenters. The van der Waals surface area contributed by atoms with Crippen LogP contribution in [0.25, 0.3) is 0 Å². The predicted molar refractivity (Wildman–Crippen MR) is 57.8 cm³/mol. The highest BCUT2D eigenvalue weighted by atomic mass is 14.3. The summed E-state index contributed by atoms with van der Waals surface area (Å²) in [5.41, 5.74) is 0. The highest BCUT2D eigenvalue weighted by molar-refractivity contribution is 4.76. The maximum absolute atomic E-state index is 1.56. The van der Waals surface area contributed by atoms with Gasteiger partial charge in [0.25, 0.3) is 0 Å². The molecule has 0 spiro atoms. The summed E-state index contributed by atoms with van der Waals surface area (Å²) in [7, 11) is 0. The minimum absolute atomic E-state index is 1.13. The normalized spacial score (nSPS) is 36.9. The molecule has 0 radical (unpaired) electrons. The molecule has 0 aromatic rings. The topological polar surface area (TPSA) is 0 Å². The fraction of sp³-hybridized carbons (Fsp3) is 1.00. The Morgan fingerprint density at radius 2 is 0.692 bits per heavy atom. The molecule has 2 rings (SSSR count). The van der Waals surface area contributed by atoms with Crippen molar-refractivity contribution in [2.75, 3.05) is 0 Å². The van der Waals surface area contributed by atoms with Crippen LogP contribution in [0.4, 0.5) is 0 Å². The van der Waals surface area contributed by atoms with Gasteiger partial charge in [-0.3, -0.25) is 0 Å². The first-order valence-corrected chi connectivity index (χ1v) is 6.47. The second-order valence-electron chi connectivity index (χ2n) is 5.15. The van der Waals surface area contributed by atoms with E-state index < -0.39 is 0 Å². The molecular weight excluding hydrogens is 156 g/mol. The Bertz CT molecular complexity index is 123. The molecule has 2 aliphatic rings. The van der Waals surface area contributed by atoms with Crippen molar-refractivity contribution in [1.82, 2.24) is 0 Å². The summed E-state index contributed by atoms with van der Waals surface area (Å²) in [5.74, 6) is 2.26. The van der Waals surface area contributed by atoms with Crippen molar-refractivity contribution in [2.45, 2.75) is 70.6 Å². The summed E-state index contributed by atoms with van der Waals surface area (Å²) >= 11 is 0. The van der Waals surface area contributed by atoms with Gasteiger partial charge in [-0.1, -0.05) is 70.6 Å². The monoisotopic (exact) mass is 180 g/mol. The largest absolute Gasteiger partial charge is 0.0533 e. The molecule has 0 heterocycles. The SMILES string of the molecule is C1CCCC2CCCCC2CCC1. The van der Waals surface area contributed by atoms with E-state index in [0.717, 1.165) is 11.8 Å². The number of rotatable bonds is 0. The van der Waals surface area contributed by atoms with E-state index in [2.05, 4.69) is 0 Å². The zero-order valence-electron chi connectivity index (χ0n) is 8.93. The Hall–Kier alpha value is 0. The van der Waals surface area contributed by atoms with Gasteiger partial charge in [-0.25, -0.2) is 0 Å². The minimum Gasteiger partial charge on any atom is -0.0533 e. The van der Waals surface area contributed by atoms with Gasteiger partial charge in [-0.15, -0.1) is 0 Å². The molecule has 2 saturated carbocycles. The molecule has 0 aliphatic heterocycles. The Labute approximate surface area is 83.1 Å². The van der Waals surface area contributed by atoms with Gasteiger partial charge in [0, 0.05) is 0 Å². The first kappa shape index (κ1) is 9.55. The van der Waals surface area contributed by atoms with Crippen molar-refractivity contribution in [2.24, 2.45) is 11.8 Å². The Balaban J connectivity index is 1.88. The fourth-order valence-electron chi connectivity index (χ4n) is 3.39. The molecule has 13 heavy (non-hydrogen) atoms. The molecule has 0 saturated heterocycles. The van der Waals surface area contributed by atoms with Gasteiger partial charge in [-0.05, 0) is 11.8 Å². The van der Waals surface area contributed by atoms with Gasteiger partial charge in [0.2, 0.25) is 0 Å². The number of fused-ring (bicyclic) bond motifs is 1. The lowest BCUT2D eigenvalue weighted by Gasteiger charge is -2.31. The van der Waals surface area contributed by atoms with Crippen molar-refractivity contribution in [3.63, 3.8) is 0 Å². The number of hydrogen-bond donors (Lipinski definition) is 0. The highest BCUT2D eigenvalue weighted by Crippen LogP contribution is 2.37. The van der Waals surface area contributed by atoms with E-state index in [9.17, 15) is 0 Å². The highest BCUT2D eigenvalue weighted by Gasteiger charge is 2.24. The van der Waals surface area contributed by atoms with Gasteiger partial charge in [0.05, 0.1) is 0 Å². The van der Waals surface area contributed by atoms with E-state index in [1.807, 2.05) is 0 Å². The summed E-state index contributed by atoms with van der Waals surface area (Å²) in [6, 6.07) is 0. The van der Waals surface area contributed by atoms with Crippen molar-refractivity contribution in [3.8, 4) is 0 Å². The predicted octanol–water partition coefficient (Wildman–Crippen LogP) is 4.54. The first-order chi connectivity index (χ1) is 6.47. The molecule has 0 bridgehead atoms. The second-order valence-corrected chi connectivity index (χ2v) is 5.15. The average molecular weight is 180 g/mol. The Morgan fingerprint density at radius 1 is 0.385 bits per heavy atom. The van der Waals surface area contributed by atoms with Crippen LogP contribution in [0.5, 0.6) is 0 Å². The van der Waals surface area contributed by atoms with Crippen LogP contribution in [0.3, 0.4) is 0 Å². The molecule has 76 valence electrons. The third-order valence-corrected chi connectivity index (χ3v) is 4.22. The lowest BCUT2D eigenvalue weighted by atomic mass is 9.75. The van der Waals surface area contributed by atoms with Crippen LogP contribution in [0.2, 0.25) is 0 Å². The molecule has 2 aliphatic carbocycles. The van der Waals surface area contributed by atoms with Crippen molar-refractivity contribution < 1.29 is 0 Å². The molecular formula is C13H24. The lowest BCUT2D eigenvalue weighted by molar-refractivity contribution is 0.209. The number of hydrogen-bond acceptors (Lipinski definition) is 0. The molecule has 0 N–H and O–H groups in total. The summed E-state index contributed by atoms with van der Waals surface area (Å²) in [5, 5.41) is 0. The summed E-state index contributed by atoms with van der Waals surface area (Å²) in [6.45, 7) is 0. The summed E-state index contributed by atoms with van der Waals surface area (Å²) in [6.07, 6.45) is 16.9. The molecule has 0 aromatic heterocycles. The second kappa shape index (κ2) is 5.02. The third-order valence-electron chi connectivity index (χ3n) is 4.22. The van der Waals surface area contributed by atoms with E-state index in [4.69, 9.17) is 0 Å². The van der Waals surface area contributed by atoms with Crippen molar-refractivity contribution in [1.29, 1.82) is 0 Å². The van der Waals surface area contributed by atoms with Crippen LogP contribution in [-0.4, -0.2) is 0 Å². The zero-order valence-corrected chi connectivity index (χ0v) is 8.93. The summed E-state index contributed by atoms with van der Waals surface area (Å²) < 4.78 is 0. The third kappa shape index (κ3) is 2.72. The average Bonchev–Trinajstić information content (AvgIpc) is 2.28. The lowest BCUT2D eigenvalue weighted by Crippen LogP contribution is -2.19. The van der Waals surface area contributed by atoms with Crippen molar-refractivity contribution >= 4 is 0 Å². The molecule has 0 heteroatoms. The van der Waals surface area contributed by atoms with E-state index >= 15 is 0 Å². The van der Waals surface area contributed by atoms with E-state index in [1.54, 1.807) is 25.7 Å². The first-order valence-electron chi connectivity index (χ1n) is 6.47. The van der Waals surface area contributed by atoms with E-state index in [1.165, 1.54) is 44.9 Å². The zero-order chi connectivity index (χ0) is 8.93.